The molecule has 0 saturated carbocycles. The van der Waals surface area contributed by atoms with Gasteiger partial charge in [0.2, 0.25) is 5.91 Å². The molecule has 2 rings (SSSR count). The number of carbonyl (C=O) groups is 1. The van der Waals surface area contributed by atoms with Gasteiger partial charge in [-0.25, -0.2) is 4.39 Å². The van der Waals surface area contributed by atoms with Crippen LogP contribution in [0, 0.1) is 19.7 Å². The molecule has 1 heterocycles. The number of benzene rings is 1. The van der Waals surface area contributed by atoms with Gasteiger partial charge in [-0.05, 0) is 45.0 Å². The molecule has 1 aromatic carbocycles. The summed E-state index contributed by atoms with van der Waals surface area (Å²) in [6.07, 6.45) is 0. The van der Waals surface area contributed by atoms with Gasteiger partial charge >= 0.3 is 0 Å². The van der Waals surface area contributed by atoms with Gasteiger partial charge in [0.1, 0.15) is 17.3 Å². The lowest BCUT2D eigenvalue weighted by Gasteiger charge is -2.16. The van der Waals surface area contributed by atoms with E-state index < -0.39 is 11.7 Å². The van der Waals surface area contributed by atoms with E-state index in [1.165, 1.54) is 0 Å². The third-order valence-electron chi connectivity index (χ3n) is 3.19. The summed E-state index contributed by atoms with van der Waals surface area (Å²) in [5.41, 5.74) is 6.30. The molecule has 0 fully saturated rings. The number of primary amides is 1. The van der Waals surface area contributed by atoms with Crippen molar-refractivity contribution in [1.82, 2.24) is 0 Å². The van der Waals surface area contributed by atoms with Crippen molar-refractivity contribution in [2.24, 2.45) is 5.73 Å². The zero-order chi connectivity index (χ0) is 14.9. The van der Waals surface area contributed by atoms with Crippen LogP contribution >= 0.6 is 0 Å². The molecule has 0 aliphatic carbocycles. The van der Waals surface area contributed by atoms with E-state index in [0.717, 1.165) is 17.6 Å². The number of hydrogen-bond acceptors (Lipinski definition) is 3. The fraction of sp³-hybridized carbons (Fsp3) is 0.267. The summed E-state index contributed by atoms with van der Waals surface area (Å²) in [7, 11) is 0. The number of rotatable bonds is 4. The van der Waals surface area contributed by atoms with Crippen LogP contribution < -0.4 is 11.1 Å². The molecule has 4 nitrogen and oxygen atoms in total. The third-order valence-corrected chi connectivity index (χ3v) is 3.19. The highest BCUT2D eigenvalue weighted by molar-refractivity contribution is 5.94. The smallest absolute Gasteiger partial charge is 0.248 e. The van der Waals surface area contributed by atoms with Crippen LogP contribution in [0.1, 0.15) is 40.4 Å². The Balaban J connectivity index is 2.30. The molecule has 106 valence electrons. The Hall–Kier alpha value is -2.30. The summed E-state index contributed by atoms with van der Waals surface area (Å²) in [6.45, 7) is 5.39. The van der Waals surface area contributed by atoms with Gasteiger partial charge in [-0.2, -0.15) is 0 Å². The molecule has 20 heavy (non-hydrogen) atoms. The monoisotopic (exact) mass is 276 g/mol. The fourth-order valence-electron chi connectivity index (χ4n) is 1.96. The van der Waals surface area contributed by atoms with Gasteiger partial charge in [-0.3, -0.25) is 4.79 Å². The lowest BCUT2D eigenvalue weighted by atomic mass is 10.1. The first-order valence-electron chi connectivity index (χ1n) is 6.31. The Morgan fingerprint density at radius 1 is 1.35 bits per heavy atom. The van der Waals surface area contributed by atoms with Crippen LogP contribution in [0.2, 0.25) is 0 Å². The second-order valence-electron chi connectivity index (χ2n) is 4.81. The summed E-state index contributed by atoms with van der Waals surface area (Å²) in [4.78, 5) is 11.2. The number of amides is 1. The minimum Gasteiger partial charge on any atom is -0.464 e. The van der Waals surface area contributed by atoms with Gasteiger partial charge in [0.25, 0.3) is 0 Å². The van der Waals surface area contributed by atoms with E-state index in [-0.39, 0.29) is 11.6 Å². The van der Waals surface area contributed by atoms with Crippen molar-refractivity contribution in [2.45, 2.75) is 26.8 Å². The molecule has 1 aromatic heterocycles. The molecule has 0 aliphatic heterocycles. The summed E-state index contributed by atoms with van der Waals surface area (Å²) in [6, 6.07) is 6.26. The lowest BCUT2D eigenvalue weighted by molar-refractivity contribution is 0.1000. The van der Waals surface area contributed by atoms with Crippen molar-refractivity contribution < 1.29 is 13.6 Å². The predicted octanol–water partition coefficient (Wildman–Crippen LogP) is 3.31. The lowest BCUT2D eigenvalue weighted by Crippen LogP contribution is -2.14. The van der Waals surface area contributed by atoms with E-state index in [0.29, 0.717) is 11.3 Å². The maximum atomic E-state index is 13.8. The number of halogens is 1. The number of carbonyl (C=O) groups excluding carboxylic acids is 1. The number of anilines is 1. The second kappa shape index (κ2) is 5.36. The molecule has 1 atom stereocenters. The average molecular weight is 276 g/mol. The number of hydrogen-bond donors (Lipinski definition) is 2. The number of nitrogens with two attached hydrogens (primary N) is 1. The molecule has 5 heteroatoms. The van der Waals surface area contributed by atoms with Crippen molar-refractivity contribution in [3.8, 4) is 0 Å². The van der Waals surface area contributed by atoms with Gasteiger partial charge in [-0.15, -0.1) is 0 Å². The third kappa shape index (κ3) is 2.82. The van der Waals surface area contributed by atoms with Crippen molar-refractivity contribution in [3.05, 3.63) is 52.7 Å². The molecule has 0 spiro atoms. The Labute approximate surface area is 116 Å². The van der Waals surface area contributed by atoms with Crippen molar-refractivity contribution in [1.29, 1.82) is 0 Å². The molecule has 0 radical (unpaired) electrons. The number of furan rings is 1. The minimum atomic E-state index is -0.659. The number of aryl methyl sites for hydroxylation is 1. The molecule has 1 unspecified atom stereocenters. The van der Waals surface area contributed by atoms with Crippen molar-refractivity contribution in [2.75, 3.05) is 5.32 Å². The zero-order valence-electron chi connectivity index (χ0n) is 11.7. The van der Waals surface area contributed by atoms with Crippen LogP contribution in [0.4, 0.5) is 10.1 Å². The van der Waals surface area contributed by atoms with Gasteiger partial charge in [-0.1, -0.05) is 0 Å². The summed E-state index contributed by atoms with van der Waals surface area (Å²) >= 11 is 0. The fourth-order valence-corrected chi connectivity index (χ4v) is 1.96. The molecular weight excluding hydrogens is 259 g/mol. The maximum Gasteiger partial charge on any atom is 0.248 e. The normalized spacial score (nSPS) is 12.2. The molecule has 0 bridgehead atoms. The first kappa shape index (κ1) is 14.1. The van der Waals surface area contributed by atoms with Crippen LogP contribution in [0.3, 0.4) is 0 Å². The van der Waals surface area contributed by atoms with E-state index in [1.807, 2.05) is 26.0 Å². The van der Waals surface area contributed by atoms with Crippen LogP contribution in [0.5, 0.6) is 0 Å². The van der Waals surface area contributed by atoms with E-state index >= 15 is 0 Å². The summed E-state index contributed by atoms with van der Waals surface area (Å²) < 4.78 is 19.3. The SMILES string of the molecule is Cc1ccc(C(C)Nc2cc(C(N)=O)cc(F)c2C)o1. The highest BCUT2D eigenvalue weighted by atomic mass is 19.1. The van der Waals surface area contributed by atoms with Gasteiger partial charge < -0.3 is 15.5 Å². The van der Waals surface area contributed by atoms with E-state index in [4.69, 9.17) is 10.2 Å². The minimum absolute atomic E-state index is 0.137. The Morgan fingerprint density at radius 2 is 2.05 bits per heavy atom. The summed E-state index contributed by atoms with van der Waals surface area (Å²) in [5.74, 6) is 0.425. The predicted molar refractivity (Wildman–Crippen MR) is 75.1 cm³/mol. The van der Waals surface area contributed by atoms with E-state index in [9.17, 15) is 9.18 Å². The first-order valence-corrected chi connectivity index (χ1v) is 6.31. The van der Waals surface area contributed by atoms with Gasteiger partial charge in [0.05, 0.1) is 6.04 Å². The van der Waals surface area contributed by atoms with Crippen molar-refractivity contribution in [3.63, 3.8) is 0 Å². The molecule has 1 amide bonds. The number of nitrogens with one attached hydrogen (secondary N) is 1. The first-order chi connectivity index (χ1) is 9.38. The van der Waals surface area contributed by atoms with Crippen molar-refractivity contribution >= 4 is 11.6 Å². The highest BCUT2D eigenvalue weighted by Gasteiger charge is 2.14. The van der Waals surface area contributed by atoms with Gasteiger partial charge in [0, 0.05) is 16.8 Å². The molecule has 0 aliphatic rings. The highest BCUT2D eigenvalue weighted by Crippen LogP contribution is 2.26. The zero-order valence-corrected chi connectivity index (χ0v) is 11.7. The average Bonchev–Trinajstić information content (AvgIpc) is 2.81. The second-order valence-corrected chi connectivity index (χ2v) is 4.81. The standard InChI is InChI=1S/C15H17FN2O2/c1-8-4-5-14(20-8)10(3)18-13-7-11(15(17)19)6-12(16)9(13)2/h4-7,10,18H,1-3H3,(H2,17,19). The van der Waals surface area contributed by atoms with E-state index in [1.54, 1.807) is 13.0 Å². The van der Waals surface area contributed by atoms with E-state index in [2.05, 4.69) is 5.32 Å². The van der Waals surface area contributed by atoms with Crippen LogP contribution in [0.15, 0.2) is 28.7 Å². The molecular formula is C15H17FN2O2. The van der Waals surface area contributed by atoms with Crippen LogP contribution in [-0.2, 0) is 0 Å². The molecule has 3 N–H and O–H groups in total. The molecule has 0 saturated heterocycles. The summed E-state index contributed by atoms with van der Waals surface area (Å²) in [5, 5.41) is 3.13. The molecule has 2 aromatic rings. The van der Waals surface area contributed by atoms with Gasteiger partial charge in [0.15, 0.2) is 0 Å². The quantitative estimate of drug-likeness (QED) is 0.900. The Kier molecular flexibility index (Phi) is 3.79. The Bertz CT molecular complexity index is 649. The Morgan fingerprint density at radius 3 is 2.60 bits per heavy atom. The van der Waals surface area contributed by atoms with Crippen LogP contribution in [-0.4, -0.2) is 5.91 Å². The maximum absolute atomic E-state index is 13.8. The topological polar surface area (TPSA) is 68.3 Å². The van der Waals surface area contributed by atoms with Crippen LogP contribution in [0.25, 0.3) is 0 Å². The largest absolute Gasteiger partial charge is 0.464 e.